The van der Waals surface area contributed by atoms with Crippen molar-refractivity contribution in [3.05, 3.63) is 77.3 Å². The molecule has 3 aromatic rings. The molecule has 1 aromatic carbocycles. The van der Waals surface area contributed by atoms with Gasteiger partial charge in [-0.15, -0.1) is 11.8 Å². The zero-order valence-corrected chi connectivity index (χ0v) is 17.1. The maximum Gasteiger partial charge on any atom is 0.189 e. The summed E-state index contributed by atoms with van der Waals surface area (Å²) in [5.41, 5.74) is 3.39. The lowest BCUT2D eigenvalue weighted by molar-refractivity contribution is 0.104. The summed E-state index contributed by atoms with van der Waals surface area (Å²) in [6.45, 7) is 4.60. The fraction of sp³-hybridized carbons (Fsp3) is 0.227. The van der Waals surface area contributed by atoms with Crippen molar-refractivity contribution < 1.29 is 9.53 Å². The molecule has 6 heteroatoms. The first-order chi connectivity index (χ1) is 13.6. The Kier molecular flexibility index (Phi) is 6.66. The molecule has 0 saturated heterocycles. The van der Waals surface area contributed by atoms with Crippen molar-refractivity contribution in [2.24, 2.45) is 0 Å². The van der Waals surface area contributed by atoms with Crippen molar-refractivity contribution in [2.75, 3.05) is 7.11 Å². The van der Waals surface area contributed by atoms with Gasteiger partial charge >= 0.3 is 0 Å². The van der Waals surface area contributed by atoms with Crippen LogP contribution in [0.3, 0.4) is 0 Å². The lowest BCUT2D eigenvalue weighted by Crippen LogP contribution is -1.95. The number of aromatic nitrogens is 3. The summed E-state index contributed by atoms with van der Waals surface area (Å²) in [5, 5.41) is 5.29. The van der Waals surface area contributed by atoms with E-state index >= 15 is 0 Å². The summed E-state index contributed by atoms with van der Waals surface area (Å²) in [4.78, 5) is 16.8. The molecule has 0 aliphatic carbocycles. The molecular formula is C22H23N3O2S. The Balaban J connectivity index is 1.75. The molecule has 0 atom stereocenters. The molecule has 0 aliphatic rings. The monoisotopic (exact) mass is 393 g/mol. The van der Waals surface area contributed by atoms with Crippen LogP contribution in [0.4, 0.5) is 0 Å². The van der Waals surface area contributed by atoms with E-state index in [1.54, 1.807) is 42.0 Å². The molecule has 0 unspecified atom stereocenters. The maximum absolute atomic E-state index is 12.5. The van der Waals surface area contributed by atoms with Gasteiger partial charge in [-0.1, -0.05) is 18.2 Å². The van der Waals surface area contributed by atoms with E-state index < -0.39 is 0 Å². The molecule has 0 aliphatic heterocycles. The summed E-state index contributed by atoms with van der Waals surface area (Å²) < 4.78 is 7.25. The number of pyridine rings is 1. The van der Waals surface area contributed by atoms with Crippen molar-refractivity contribution in [3.63, 3.8) is 0 Å². The van der Waals surface area contributed by atoms with Gasteiger partial charge in [0.1, 0.15) is 5.75 Å². The van der Waals surface area contributed by atoms with E-state index in [4.69, 9.17) is 4.74 Å². The van der Waals surface area contributed by atoms with Gasteiger partial charge in [0.15, 0.2) is 5.78 Å². The third-order valence-corrected chi connectivity index (χ3v) is 5.27. The van der Waals surface area contributed by atoms with E-state index in [9.17, 15) is 4.79 Å². The van der Waals surface area contributed by atoms with Crippen LogP contribution in [0, 0.1) is 6.92 Å². The van der Waals surface area contributed by atoms with Gasteiger partial charge in [-0.3, -0.25) is 9.48 Å². The second-order valence-electron chi connectivity index (χ2n) is 6.21. The first-order valence-electron chi connectivity index (χ1n) is 9.08. The summed E-state index contributed by atoms with van der Waals surface area (Å²) in [6, 6.07) is 11.8. The van der Waals surface area contributed by atoms with Crippen LogP contribution in [0.25, 0.3) is 6.08 Å². The summed E-state index contributed by atoms with van der Waals surface area (Å²) in [5.74, 6) is 1.52. The third kappa shape index (κ3) is 4.89. The van der Waals surface area contributed by atoms with Crippen molar-refractivity contribution in [1.29, 1.82) is 0 Å². The fourth-order valence-electron chi connectivity index (χ4n) is 2.78. The van der Waals surface area contributed by atoms with E-state index in [0.29, 0.717) is 5.56 Å². The molecule has 0 fully saturated rings. The predicted octanol–water partition coefficient (Wildman–Crippen LogP) is 4.80. The molecule has 0 amide bonds. The fourth-order valence-corrected chi connectivity index (χ4v) is 3.62. The molecular weight excluding hydrogens is 370 g/mol. The zero-order valence-electron chi connectivity index (χ0n) is 16.3. The number of ketones is 1. The molecule has 0 radical (unpaired) electrons. The lowest BCUT2D eigenvalue weighted by atomic mass is 10.1. The number of aryl methyl sites for hydroxylation is 2. The topological polar surface area (TPSA) is 57.0 Å². The van der Waals surface area contributed by atoms with E-state index in [2.05, 4.69) is 10.1 Å². The van der Waals surface area contributed by atoms with Gasteiger partial charge in [0, 0.05) is 30.3 Å². The SMILES string of the molecule is CCn1cc(C(=O)/C=C/c2ccc(OC)c(CSc3ccccn3)c2)c(C)n1. The molecule has 2 aromatic heterocycles. The van der Waals surface area contributed by atoms with E-state index in [1.165, 1.54) is 0 Å². The normalized spacial score (nSPS) is 11.1. The van der Waals surface area contributed by atoms with Crippen LogP contribution in [-0.4, -0.2) is 27.7 Å². The average Bonchev–Trinajstić information content (AvgIpc) is 3.12. The van der Waals surface area contributed by atoms with E-state index in [1.807, 2.05) is 56.3 Å². The molecule has 28 heavy (non-hydrogen) atoms. The molecule has 0 N–H and O–H groups in total. The smallest absolute Gasteiger partial charge is 0.189 e. The van der Waals surface area contributed by atoms with Crippen LogP contribution in [0.5, 0.6) is 5.75 Å². The Labute approximate surface area is 169 Å². The lowest BCUT2D eigenvalue weighted by Gasteiger charge is -2.09. The number of carbonyl (C=O) groups is 1. The summed E-state index contributed by atoms with van der Waals surface area (Å²) in [7, 11) is 1.66. The van der Waals surface area contributed by atoms with Crippen molar-refractivity contribution in [1.82, 2.24) is 14.8 Å². The Bertz CT molecular complexity index is 981. The number of benzene rings is 1. The van der Waals surface area contributed by atoms with Gasteiger partial charge in [0.25, 0.3) is 0 Å². The number of methoxy groups -OCH3 is 1. The Morgan fingerprint density at radius 3 is 2.82 bits per heavy atom. The first-order valence-corrected chi connectivity index (χ1v) is 10.1. The molecule has 5 nitrogen and oxygen atoms in total. The highest BCUT2D eigenvalue weighted by Crippen LogP contribution is 2.28. The van der Waals surface area contributed by atoms with Gasteiger partial charge in [-0.25, -0.2) is 4.98 Å². The van der Waals surface area contributed by atoms with Gasteiger partial charge < -0.3 is 4.74 Å². The predicted molar refractivity (Wildman–Crippen MR) is 113 cm³/mol. The second-order valence-corrected chi connectivity index (χ2v) is 7.21. The number of hydrogen-bond acceptors (Lipinski definition) is 5. The number of allylic oxidation sites excluding steroid dienone is 1. The number of thioether (sulfide) groups is 1. The van der Waals surface area contributed by atoms with E-state index in [-0.39, 0.29) is 5.78 Å². The van der Waals surface area contributed by atoms with E-state index in [0.717, 1.165) is 39.9 Å². The first kappa shape index (κ1) is 19.9. The summed E-state index contributed by atoms with van der Waals surface area (Å²) >= 11 is 1.65. The highest BCUT2D eigenvalue weighted by atomic mass is 32.2. The minimum Gasteiger partial charge on any atom is -0.496 e. The van der Waals surface area contributed by atoms with Crippen LogP contribution < -0.4 is 4.74 Å². The van der Waals surface area contributed by atoms with Crippen molar-refractivity contribution in [2.45, 2.75) is 31.2 Å². The Morgan fingerprint density at radius 1 is 1.29 bits per heavy atom. The molecule has 3 rings (SSSR count). The average molecular weight is 394 g/mol. The maximum atomic E-state index is 12.5. The Morgan fingerprint density at radius 2 is 2.14 bits per heavy atom. The number of hydrogen-bond donors (Lipinski definition) is 0. The van der Waals surface area contributed by atoms with Gasteiger partial charge in [0.05, 0.1) is 23.4 Å². The van der Waals surface area contributed by atoms with Gasteiger partial charge in [-0.2, -0.15) is 5.10 Å². The molecule has 0 spiro atoms. The standard InChI is InChI=1S/C22H23N3O2S/c1-4-25-14-19(16(2)24-25)20(26)10-8-17-9-11-21(27-3)18(13-17)15-28-22-7-5-6-12-23-22/h5-14H,4,15H2,1-3H3/b10-8+. The number of ether oxygens (including phenoxy) is 1. The molecule has 144 valence electrons. The minimum absolute atomic E-state index is 0.0440. The molecule has 2 heterocycles. The minimum atomic E-state index is -0.0440. The largest absolute Gasteiger partial charge is 0.496 e. The van der Waals surface area contributed by atoms with Gasteiger partial charge in [0.2, 0.25) is 0 Å². The Hall–Kier alpha value is -2.86. The van der Waals surface area contributed by atoms with Crippen LogP contribution in [-0.2, 0) is 12.3 Å². The highest BCUT2D eigenvalue weighted by molar-refractivity contribution is 7.98. The second kappa shape index (κ2) is 9.37. The molecule has 0 saturated carbocycles. The van der Waals surface area contributed by atoms with Crippen LogP contribution >= 0.6 is 11.8 Å². The van der Waals surface area contributed by atoms with Crippen molar-refractivity contribution in [3.8, 4) is 5.75 Å². The summed E-state index contributed by atoms with van der Waals surface area (Å²) in [6.07, 6.45) is 7.01. The van der Waals surface area contributed by atoms with Crippen LogP contribution in [0.1, 0.15) is 34.1 Å². The van der Waals surface area contributed by atoms with Crippen LogP contribution in [0.15, 0.2) is 59.9 Å². The quantitative estimate of drug-likeness (QED) is 0.312. The number of rotatable bonds is 8. The molecule has 0 bridgehead atoms. The van der Waals surface area contributed by atoms with Crippen molar-refractivity contribution >= 4 is 23.6 Å². The third-order valence-electron chi connectivity index (χ3n) is 4.28. The number of carbonyl (C=O) groups excluding carboxylic acids is 1. The van der Waals surface area contributed by atoms with Gasteiger partial charge in [-0.05, 0) is 49.8 Å². The highest BCUT2D eigenvalue weighted by Gasteiger charge is 2.10. The number of nitrogens with zero attached hydrogens (tertiary/aromatic N) is 3. The zero-order chi connectivity index (χ0) is 19.9. The van der Waals surface area contributed by atoms with Crippen LogP contribution in [0.2, 0.25) is 0 Å².